The summed E-state index contributed by atoms with van der Waals surface area (Å²) in [7, 11) is 0. The van der Waals surface area contributed by atoms with Crippen molar-refractivity contribution in [3.63, 3.8) is 0 Å². The monoisotopic (exact) mass is 368 g/mol. The number of aliphatic imine (C=N–C) groups is 1. The predicted octanol–water partition coefficient (Wildman–Crippen LogP) is 0.529. The normalized spacial score (nSPS) is 17.8. The van der Waals surface area contributed by atoms with Crippen LogP contribution in [0.25, 0.3) is 0 Å². The Kier molecular flexibility index (Phi) is 4.49. The van der Waals surface area contributed by atoms with Crippen molar-refractivity contribution in [1.82, 2.24) is 19.8 Å². The zero-order chi connectivity index (χ0) is 18.8. The maximum atomic E-state index is 12.1. The Morgan fingerprint density at radius 2 is 2.30 bits per heavy atom. The highest BCUT2D eigenvalue weighted by Gasteiger charge is 2.39. The first-order valence-corrected chi connectivity index (χ1v) is 8.76. The third-order valence-electron chi connectivity index (χ3n) is 4.59. The molecule has 1 atom stereocenters. The highest BCUT2D eigenvalue weighted by molar-refractivity contribution is 6.09. The number of aromatic nitrogens is 2. The number of aryl methyl sites for hydroxylation is 1. The standard InChI is InChI=1S/C18H20N6O3/c19-16(25)9-15-17(26)22-18-21-14-3-2-13(8-12(14)10-24(15)18)27-7-1-5-23-6-4-20-11-23/h2-4,6,8,11,15H,1,5,7,9-10H2,(H2,19,25)(H,21,22,26). The van der Waals surface area contributed by atoms with Crippen LogP contribution in [-0.4, -0.2) is 44.9 Å². The summed E-state index contributed by atoms with van der Waals surface area (Å²) in [5.74, 6) is 0.448. The van der Waals surface area contributed by atoms with Gasteiger partial charge in [-0.1, -0.05) is 0 Å². The van der Waals surface area contributed by atoms with Gasteiger partial charge in [-0.2, -0.15) is 0 Å². The Morgan fingerprint density at radius 1 is 1.41 bits per heavy atom. The summed E-state index contributed by atoms with van der Waals surface area (Å²) in [5.41, 5.74) is 6.99. The summed E-state index contributed by atoms with van der Waals surface area (Å²) in [6.07, 6.45) is 6.28. The summed E-state index contributed by atoms with van der Waals surface area (Å²) in [5, 5.41) is 2.71. The molecule has 3 heterocycles. The third kappa shape index (κ3) is 3.62. The van der Waals surface area contributed by atoms with Gasteiger partial charge < -0.3 is 19.9 Å². The van der Waals surface area contributed by atoms with Crippen LogP contribution < -0.4 is 15.8 Å². The van der Waals surface area contributed by atoms with E-state index < -0.39 is 11.9 Å². The number of ether oxygens (including phenoxy) is 1. The molecule has 1 aromatic carbocycles. The molecule has 0 saturated carbocycles. The fourth-order valence-electron chi connectivity index (χ4n) is 3.27. The lowest BCUT2D eigenvalue weighted by atomic mass is 10.1. The maximum Gasteiger partial charge on any atom is 0.250 e. The van der Waals surface area contributed by atoms with E-state index in [1.54, 1.807) is 17.4 Å². The molecule has 27 heavy (non-hydrogen) atoms. The molecule has 2 aliphatic heterocycles. The number of fused-ring (bicyclic) bond motifs is 2. The molecule has 1 aromatic heterocycles. The van der Waals surface area contributed by atoms with Crippen LogP contribution in [0.3, 0.4) is 0 Å². The van der Waals surface area contributed by atoms with E-state index in [1.807, 2.05) is 29.0 Å². The largest absolute Gasteiger partial charge is 0.494 e. The number of primary amides is 1. The van der Waals surface area contributed by atoms with Crippen LogP contribution in [0.5, 0.6) is 5.75 Å². The summed E-state index contributed by atoms with van der Waals surface area (Å²) < 4.78 is 7.84. The van der Waals surface area contributed by atoms with Crippen LogP contribution in [0.4, 0.5) is 5.69 Å². The first kappa shape index (κ1) is 17.1. The SMILES string of the molecule is NC(=O)CC1C(=O)NC2=Nc3ccc(OCCCn4ccnc4)cc3CN21. The molecule has 2 aliphatic rings. The van der Waals surface area contributed by atoms with Crippen LogP contribution in [0.1, 0.15) is 18.4 Å². The summed E-state index contributed by atoms with van der Waals surface area (Å²) in [6, 6.07) is 5.05. The number of carbonyl (C=O) groups is 2. The molecule has 2 amide bonds. The number of carbonyl (C=O) groups excluding carboxylic acids is 2. The highest BCUT2D eigenvalue weighted by Crippen LogP contribution is 2.32. The lowest BCUT2D eigenvalue weighted by Gasteiger charge is -2.27. The van der Waals surface area contributed by atoms with Crippen LogP contribution in [0.2, 0.25) is 0 Å². The average Bonchev–Trinajstić information content (AvgIpc) is 3.25. The number of nitrogens with one attached hydrogen (secondary N) is 1. The number of imidazole rings is 1. The Labute approximate surface area is 155 Å². The first-order chi connectivity index (χ1) is 13.1. The van der Waals surface area contributed by atoms with E-state index in [9.17, 15) is 9.59 Å². The minimum absolute atomic E-state index is 0.0371. The van der Waals surface area contributed by atoms with Crippen LogP contribution in [0, 0.1) is 0 Å². The van der Waals surface area contributed by atoms with E-state index >= 15 is 0 Å². The van der Waals surface area contributed by atoms with E-state index in [-0.39, 0.29) is 12.3 Å². The summed E-state index contributed by atoms with van der Waals surface area (Å²) in [6.45, 7) is 1.89. The van der Waals surface area contributed by atoms with Gasteiger partial charge in [-0.05, 0) is 24.6 Å². The Bertz CT molecular complexity index is 893. The summed E-state index contributed by atoms with van der Waals surface area (Å²) in [4.78, 5) is 33.6. The lowest BCUT2D eigenvalue weighted by molar-refractivity contribution is -0.126. The van der Waals surface area contributed by atoms with Gasteiger partial charge in [0.15, 0.2) is 0 Å². The van der Waals surface area contributed by atoms with Crippen molar-refractivity contribution >= 4 is 23.5 Å². The molecule has 0 radical (unpaired) electrons. The van der Waals surface area contributed by atoms with E-state index in [0.29, 0.717) is 19.1 Å². The zero-order valence-corrected chi connectivity index (χ0v) is 14.7. The van der Waals surface area contributed by atoms with E-state index in [4.69, 9.17) is 10.5 Å². The topological polar surface area (TPSA) is 115 Å². The number of nitrogens with two attached hydrogens (primary N) is 1. The molecule has 1 fully saturated rings. The smallest absolute Gasteiger partial charge is 0.250 e. The first-order valence-electron chi connectivity index (χ1n) is 8.76. The number of rotatable bonds is 7. The average molecular weight is 368 g/mol. The Balaban J connectivity index is 1.41. The predicted molar refractivity (Wildman–Crippen MR) is 97.2 cm³/mol. The second-order valence-corrected chi connectivity index (χ2v) is 6.53. The maximum absolute atomic E-state index is 12.1. The third-order valence-corrected chi connectivity index (χ3v) is 4.59. The highest BCUT2D eigenvalue weighted by atomic mass is 16.5. The Hall–Kier alpha value is -3.36. The molecular formula is C18H20N6O3. The number of benzene rings is 1. The minimum atomic E-state index is -0.617. The molecule has 9 heteroatoms. The zero-order valence-electron chi connectivity index (χ0n) is 14.7. The van der Waals surface area contributed by atoms with Crippen molar-refractivity contribution in [2.75, 3.05) is 6.61 Å². The molecule has 0 bridgehead atoms. The van der Waals surface area contributed by atoms with Crippen molar-refractivity contribution in [3.05, 3.63) is 42.5 Å². The van der Waals surface area contributed by atoms with Gasteiger partial charge in [-0.15, -0.1) is 0 Å². The number of amides is 2. The summed E-state index contributed by atoms with van der Waals surface area (Å²) >= 11 is 0. The Morgan fingerprint density at radius 3 is 3.07 bits per heavy atom. The van der Waals surface area contributed by atoms with Gasteiger partial charge >= 0.3 is 0 Å². The fraction of sp³-hybridized carbons (Fsp3) is 0.333. The van der Waals surface area contributed by atoms with Gasteiger partial charge in [-0.3, -0.25) is 14.9 Å². The van der Waals surface area contributed by atoms with Crippen molar-refractivity contribution in [2.45, 2.75) is 32.0 Å². The number of hydrogen-bond donors (Lipinski definition) is 2. The van der Waals surface area contributed by atoms with Crippen molar-refractivity contribution in [1.29, 1.82) is 0 Å². The number of nitrogens with zero attached hydrogens (tertiary/aromatic N) is 4. The van der Waals surface area contributed by atoms with Gasteiger partial charge in [0.2, 0.25) is 17.8 Å². The van der Waals surface area contributed by atoms with E-state index in [2.05, 4.69) is 15.3 Å². The lowest BCUT2D eigenvalue weighted by Crippen LogP contribution is -2.39. The molecular weight excluding hydrogens is 348 g/mol. The molecule has 1 saturated heterocycles. The molecule has 140 valence electrons. The van der Waals surface area contributed by atoms with Gasteiger partial charge in [0.05, 0.1) is 25.0 Å². The number of guanidine groups is 1. The molecule has 4 rings (SSSR count). The van der Waals surface area contributed by atoms with Gasteiger partial charge in [-0.25, -0.2) is 9.98 Å². The fourth-order valence-corrected chi connectivity index (χ4v) is 3.27. The second kappa shape index (κ2) is 7.10. The van der Waals surface area contributed by atoms with E-state index in [1.165, 1.54) is 0 Å². The quantitative estimate of drug-likeness (QED) is 0.692. The van der Waals surface area contributed by atoms with Crippen molar-refractivity contribution in [2.24, 2.45) is 10.7 Å². The number of hydrogen-bond acceptors (Lipinski definition) is 6. The van der Waals surface area contributed by atoms with Gasteiger partial charge in [0.1, 0.15) is 11.8 Å². The van der Waals surface area contributed by atoms with Gasteiger partial charge in [0.25, 0.3) is 0 Å². The van der Waals surface area contributed by atoms with Crippen molar-refractivity contribution < 1.29 is 14.3 Å². The molecule has 2 aromatic rings. The molecule has 3 N–H and O–H groups in total. The van der Waals surface area contributed by atoms with Gasteiger partial charge in [0, 0.05) is 31.0 Å². The van der Waals surface area contributed by atoms with Crippen molar-refractivity contribution in [3.8, 4) is 5.75 Å². The van der Waals surface area contributed by atoms with Crippen LogP contribution >= 0.6 is 0 Å². The molecule has 0 spiro atoms. The van der Waals surface area contributed by atoms with E-state index in [0.717, 1.165) is 30.0 Å². The molecule has 0 aliphatic carbocycles. The van der Waals surface area contributed by atoms with Crippen LogP contribution in [0.15, 0.2) is 41.9 Å². The van der Waals surface area contributed by atoms with Crippen LogP contribution in [-0.2, 0) is 22.7 Å². The molecule has 1 unspecified atom stereocenters. The molecule has 9 nitrogen and oxygen atoms in total. The minimum Gasteiger partial charge on any atom is -0.494 e. The second-order valence-electron chi connectivity index (χ2n) is 6.53.